The Morgan fingerprint density at radius 1 is 1.24 bits per heavy atom. The predicted molar refractivity (Wildman–Crippen MR) is 107 cm³/mol. The highest BCUT2D eigenvalue weighted by atomic mass is 19.1. The summed E-state index contributed by atoms with van der Waals surface area (Å²) in [5.74, 6) is -1.03. The number of rotatable bonds is 6. The van der Waals surface area contributed by atoms with E-state index in [-0.39, 0.29) is 34.4 Å². The van der Waals surface area contributed by atoms with Crippen LogP contribution in [0.2, 0.25) is 0 Å². The minimum absolute atomic E-state index is 0.133. The summed E-state index contributed by atoms with van der Waals surface area (Å²) in [6.45, 7) is 5.62. The number of benzene rings is 1. The van der Waals surface area contributed by atoms with Crippen molar-refractivity contribution in [2.45, 2.75) is 33.2 Å². The highest BCUT2D eigenvalue weighted by molar-refractivity contribution is 6.08. The Morgan fingerprint density at radius 2 is 1.97 bits per heavy atom. The van der Waals surface area contributed by atoms with Gasteiger partial charge >= 0.3 is 0 Å². The van der Waals surface area contributed by atoms with Crippen LogP contribution in [0.1, 0.15) is 36.3 Å². The maximum atomic E-state index is 14.3. The molecule has 3 aromatic rings. The zero-order chi connectivity index (χ0) is 21.1. The van der Waals surface area contributed by atoms with E-state index in [1.54, 1.807) is 25.1 Å². The summed E-state index contributed by atoms with van der Waals surface area (Å²) < 4.78 is 19.5. The minimum Gasteiger partial charge on any atom is -0.357 e. The van der Waals surface area contributed by atoms with Crippen LogP contribution in [0.5, 0.6) is 0 Å². The van der Waals surface area contributed by atoms with E-state index in [0.717, 1.165) is 0 Å². The second-order valence-electron chi connectivity index (χ2n) is 7.25. The molecule has 0 spiro atoms. The topological polar surface area (TPSA) is 97.1 Å². The van der Waals surface area contributed by atoms with Crippen LogP contribution in [0.4, 0.5) is 4.39 Å². The Kier molecular flexibility index (Phi) is 5.91. The van der Waals surface area contributed by atoms with Crippen molar-refractivity contribution in [3.05, 3.63) is 47.4 Å². The minimum atomic E-state index is -0.701. The first kappa shape index (κ1) is 20.4. The molecule has 2 aromatic heterocycles. The summed E-state index contributed by atoms with van der Waals surface area (Å²) >= 11 is 0. The van der Waals surface area contributed by atoms with Gasteiger partial charge in [-0.1, -0.05) is 31.1 Å². The van der Waals surface area contributed by atoms with Crippen LogP contribution in [0.15, 0.2) is 34.9 Å². The number of nitrogens with zero attached hydrogens (tertiary/aromatic N) is 2. The number of fused-ring (bicyclic) bond motifs is 1. The molecule has 2 heterocycles. The number of likely N-dealkylation sites (N-methyl/N-ethyl adjacent to an activating group) is 1. The Balaban J connectivity index is 2.07. The van der Waals surface area contributed by atoms with Gasteiger partial charge in [-0.3, -0.25) is 9.59 Å². The van der Waals surface area contributed by atoms with Crippen LogP contribution in [-0.4, -0.2) is 35.0 Å². The third-order valence-corrected chi connectivity index (χ3v) is 4.59. The lowest BCUT2D eigenvalue weighted by Crippen LogP contribution is -2.46. The van der Waals surface area contributed by atoms with E-state index in [2.05, 4.69) is 20.8 Å². The van der Waals surface area contributed by atoms with Crippen LogP contribution in [0.3, 0.4) is 0 Å². The maximum absolute atomic E-state index is 14.3. The SMILES string of the molecule is CNC(=O)C(CC(C)C)NC(=O)c1cc(-c2ccccc2F)nc2onc(C)c12. The molecule has 0 aliphatic carbocycles. The maximum Gasteiger partial charge on any atom is 0.259 e. The van der Waals surface area contributed by atoms with Gasteiger partial charge in [0.15, 0.2) is 0 Å². The van der Waals surface area contributed by atoms with Gasteiger partial charge in [-0.2, -0.15) is 0 Å². The van der Waals surface area contributed by atoms with Gasteiger partial charge in [-0.05, 0) is 37.5 Å². The number of aryl methyl sites for hydroxylation is 1. The summed E-state index contributed by atoms with van der Waals surface area (Å²) in [7, 11) is 1.52. The molecule has 0 saturated heterocycles. The van der Waals surface area contributed by atoms with Gasteiger partial charge in [0.05, 0.1) is 22.3 Å². The number of nitrogens with one attached hydrogen (secondary N) is 2. The van der Waals surface area contributed by atoms with E-state index in [1.807, 2.05) is 13.8 Å². The normalized spacial score (nSPS) is 12.2. The average Bonchev–Trinajstić information content (AvgIpc) is 3.07. The van der Waals surface area contributed by atoms with E-state index in [4.69, 9.17) is 4.52 Å². The van der Waals surface area contributed by atoms with Crippen molar-refractivity contribution in [2.24, 2.45) is 5.92 Å². The fourth-order valence-corrected chi connectivity index (χ4v) is 3.19. The van der Waals surface area contributed by atoms with Gasteiger partial charge in [-0.15, -0.1) is 0 Å². The molecule has 0 aliphatic heterocycles. The number of carbonyl (C=O) groups is 2. The Labute approximate surface area is 167 Å². The third-order valence-electron chi connectivity index (χ3n) is 4.59. The zero-order valence-electron chi connectivity index (χ0n) is 16.7. The molecule has 1 atom stereocenters. The molecule has 0 bridgehead atoms. The van der Waals surface area contributed by atoms with Crippen LogP contribution in [-0.2, 0) is 4.79 Å². The van der Waals surface area contributed by atoms with Crippen molar-refractivity contribution < 1.29 is 18.5 Å². The fraction of sp³-hybridized carbons (Fsp3) is 0.333. The lowest BCUT2D eigenvalue weighted by Gasteiger charge is -2.19. The molecule has 2 N–H and O–H groups in total. The lowest BCUT2D eigenvalue weighted by atomic mass is 10.0. The summed E-state index contributed by atoms with van der Waals surface area (Å²) in [6, 6.07) is 6.94. The molecule has 152 valence electrons. The zero-order valence-corrected chi connectivity index (χ0v) is 16.7. The van der Waals surface area contributed by atoms with Crippen molar-refractivity contribution in [2.75, 3.05) is 7.05 Å². The van der Waals surface area contributed by atoms with Crippen molar-refractivity contribution in [1.82, 2.24) is 20.8 Å². The van der Waals surface area contributed by atoms with E-state index in [9.17, 15) is 14.0 Å². The number of aromatic nitrogens is 2. The summed E-state index contributed by atoms with van der Waals surface area (Å²) in [5.41, 5.74) is 1.33. The molecule has 3 rings (SSSR count). The number of carbonyl (C=O) groups excluding carboxylic acids is 2. The van der Waals surface area contributed by atoms with Gasteiger partial charge < -0.3 is 15.2 Å². The van der Waals surface area contributed by atoms with Crippen LogP contribution >= 0.6 is 0 Å². The van der Waals surface area contributed by atoms with Crippen LogP contribution in [0.25, 0.3) is 22.4 Å². The van der Waals surface area contributed by atoms with Crippen molar-refractivity contribution in [3.8, 4) is 11.3 Å². The first-order valence-corrected chi connectivity index (χ1v) is 9.36. The van der Waals surface area contributed by atoms with Gasteiger partial charge in [0.2, 0.25) is 5.91 Å². The molecule has 0 fully saturated rings. The lowest BCUT2D eigenvalue weighted by molar-refractivity contribution is -0.122. The second kappa shape index (κ2) is 8.38. The Hall–Kier alpha value is -3.29. The standard InChI is InChI=1S/C21H23FN4O3/c1-11(2)9-17(20(28)23-4)24-19(27)14-10-16(13-7-5-6-8-15(13)22)25-21-18(14)12(3)26-29-21/h5-8,10-11,17H,9H2,1-4H3,(H,23,28)(H,24,27). The number of pyridine rings is 1. The molecule has 0 saturated carbocycles. The third kappa shape index (κ3) is 4.26. The van der Waals surface area contributed by atoms with Crippen LogP contribution in [0, 0.1) is 18.7 Å². The number of halogens is 1. The summed E-state index contributed by atoms with van der Waals surface area (Å²) in [6.07, 6.45) is 0.475. The number of hydrogen-bond donors (Lipinski definition) is 2. The highest BCUT2D eigenvalue weighted by Crippen LogP contribution is 2.28. The van der Waals surface area contributed by atoms with Gasteiger partial charge in [0, 0.05) is 12.6 Å². The summed E-state index contributed by atoms with van der Waals surface area (Å²) in [5, 5.41) is 9.66. The van der Waals surface area contributed by atoms with Crippen molar-refractivity contribution in [1.29, 1.82) is 0 Å². The monoisotopic (exact) mass is 398 g/mol. The average molecular weight is 398 g/mol. The van der Waals surface area contributed by atoms with E-state index in [1.165, 1.54) is 19.2 Å². The molecule has 1 unspecified atom stereocenters. The fourth-order valence-electron chi connectivity index (χ4n) is 3.19. The van der Waals surface area contributed by atoms with Gasteiger partial charge in [0.25, 0.3) is 11.6 Å². The van der Waals surface area contributed by atoms with Crippen molar-refractivity contribution in [3.63, 3.8) is 0 Å². The molecule has 7 nitrogen and oxygen atoms in total. The number of hydrogen-bond acceptors (Lipinski definition) is 5. The highest BCUT2D eigenvalue weighted by Gasteiger charge is 2.25. The van der Waals surface area contributed by atoms with Crippen molar-refractivity contribution >= 4 is 22.9 Å². The molecular formula is C21H23FN4O3. The largest absolute Gasteiger partial charge is 0.357 e. The summed E-state index contributed by atoms with van der Waals surface area (Å²) in [4.78, 5) is 29.6. The van der Waals surface area contributed by atoms with Gasteiger partial charge in [-0.25, -0.2) is 9.37 Å². The first-order chi connectivity index (χ1) is 13.8. The van der Waals surface area contributed by atoms with E-state index in [0.29, 0.717) is 17.5 Å². The molecule has 29 heavy (non-hydrogen) atoms. The molecule has 1 aromatic carbocycles. The Bertz CT molecular complexity index is 1060. The molecule has 0 radical (unpaired) electrons. The van der Waals surface area contributed by atoms with Crippen LogP contribution < -0.4 is 10.6 Å². The smallest absolute Gasteiger partial charge is 0.259 e. The Morgan fingerprint density at radius 3 is 2.62 bits per heavy atom. The predicted octanol–water partition coefficient (Wildman–Crippen LogP) is 3.23. The molecule has 0 aliphatic rings. The first-order valence-electron chi connectivity index (χ1n) is 9.36. The van der Waals surface area contributed by atoms with Gasteiger partial charge in [0.1, 0.15) is 11.9 Å². The second-order valence-corrected chi connectivity index (χ2v) is 7.25. The van der Waals surface area contributed by atoms with E-state index < -0.39 is 17.8 Å². The number of amides is 2. The molecular weight excluding hydrogens is 375 g/mol. The molecule has 2 amide bonds. The molecule has 8 heteroatoms. The quantitative estimate of drug-likeness (QED) is 0.664. The van der Waals surface area contributed by atoms with E-state index >= 15 is 0 Å².